The highest BCUT2D eigenvalue weighted by Gasteiger charge is 2.11. The molecular formula is C17H24N4O2. The number of amides is 1. The van der Waals surface area contributed by atoms with Crippen LogP contribution in [0.3, 0.4) is 0 Å². The molecule has 0 aliphatic rings. The number of benzene rings is 1. The summed E-state index contributed by atoms with van der Waals surface area (Å²) >= 11 is 0. The summed E-state index contributed by atoms with van der Waals surface area (Å²) in [5.41, 5.74) is 0.235. The standard InChI is InChI=1S/C17H24N4O2/c1-3-10-21(11-4-2)12-9-18-17(23)15-19-14-8-6-5-7-13(14)16(22)20-15/h5-8H,3-4,9-12H2,1-2H3,(H,18,23)(H,19,20,22). The van der Waals surface area contributed by atoms with Crippen LogP contribution in [0.2, 0.25) is 0 Å². The first-order valence-corrected chi connectivity index (χ1v) is 8.15. The summed E-state index contributed by atoms with van der Waals surface area (Å²) in [7, 11) is 0. The minimum absolute atomic E-state index is 0.0613. The Hall–Kier alpha value is -2.21. The highest BCUT2D eigenvalue weighted by molar-refractivity contribution is 5.92. The molecule has 23 heavy (non-hydrogen) atoms. The molecule has 2 N–H and O–H groups in total. The third-order valence-corrected chi connectivity index (χ3v) is 3.62. The molecule has 0 aliphatic heterocycles. The van der Waals surface area contributed by atoms with Crippen molar-refractivity contribution in [3.8, 4) is 0 Å². The summed E-state index contributed by atoms with van der Waals surface area (Å²) in [5, 5.41) is 3.31. The van der Waals surface area contributed by atoms with Crippen LogP contribution in [0.1, 0.15) is 37.3 Å². The molecule has 124 valence electrons. The first-order chi connectivity index (χ1) is 11.2. The van der Waals surface area contributed by atoms with E-state index in [1.807, 2.05) is 0 Å². The van der Waals surface area contributed by atoms with Gasteiger partial charge in [-0.15, -0.1) is 0 Å². The molecule has 1 heterocycles. The van der Waals surface area contributed by atoms with Gasteiger partial charge in [-0.05, 0) is 38.1 Å². The molecule has 0 saturated carbocycles. The number of nitrogens with one attached hydrogen (secondary N) is 2. The summed E-state index contributed by atoms with van der Waals surface area (Å²) in [6.45, 7) is 7.67. The van der Waals surface area contributed by atoms with Crippen LogP contribution in [0.5, 0.6) is 0 Å². The number of aromatic amines is 1. The van der Waals surface area contributed by atoms with Crippen LogP contribution in [0.25, 0.3) is 10.9 Å². The van der Waals surface area contributed by atoms with Gasteiger partial charge in [-0.1, -0.05) is 26.0 Å². The minimum atomic E-state index is -0.346. The summed E-state index contributed by atoms with van der Waals surface area (Å²) in [5.74, 6) is -0.285. The molecule has 0 saturated heterocycles. The van der Waals surface area contributed by atoms with Gasteiger partial charge in [-0.3, -0.25) is 9.59 Å². The van der Waals surface area contributed by atoms with Crippen molar-refractivity contribution < 1.29 is 4.79 Å². The molecule has 2 rings (SSSR count). The van der Waals surface area contributed by atoms with E-state index in [9.17, 15) is 9.59 Å². The fraction of sp³-hybridized carbons (Fsp3) is 0.471. The molecule has 0 atom stereocenters. The van der Waals surface area contributed by atoms with E-state index in [4.69, 9.17) is 0 Å². The monoisotopic (exact) mass is 316 g/mol. The Morgan fingerprint density at radius 1 is 1.17 bits per heavy atom. The fourth-order valence-corrected chi connectivity index (χ4v) is 2.57. The number of rotatable bonds is 8. The molecule has 1 amide bonds. The average Bonchev–Trinajstić information content (AvgIpc) is 2.55. The number of carbonyl (C=O) groups excluding carboxylic acids is 1. The predicted molar refractivity (Wildman–Crippen MR) is 91.7 cm³/mol. The van der Waals surface area contributed by atoms with E-state index >= 15 is 0 Å². The van der Waals surface area contributed by atoms with Gasteiger partial charge in [0.1, 0.15) is 0 Å². The zero-order chi connectivity index (χ0) is 16.7. The van der Waals surface area contributed by atoms with Gasteiger partial charge in [0.15, 0.2) is 5.82 Å². The lowest BCUT2D eigenvalue weighted by atomic mass is 10.2. The molecule has 2 aromatic rings. The first-order valence-electron chi connectivity index (χ1n) is 8.15. The van der Waals surface area contributed by atoms with E-state index < -0.39 is 0 Å². The first kappa shape index (κ1) is 17.1. The molecule has 1 aromatic heterocycles. The largest absolute Gasteiger partial charge is 0.348 e. The lowest BCUT2D eigenvalue weighted by molar-refractivity contribution is 0.0938. The third-order valence-electron chi connectivity index (χ3n) is 3.62. The van der Waals surface area contributed by atoms with Gasteiger partial charge < -0.3 is 15.2 Å². The van der Waals surface area contributed by atoms with E-state index in [0.29, 0.717) is 17.4 Å². The summed E-state index contributed by atoms with van der Waals surface area (Å²) < 4.78 is 0. The van der Waals surface area contributed by atoms with E-state index in [0.717, 1.165) is 32.5 Å². The van der Waals surface area contributed by atoms with Crippen LogP contribution in [-0.4, -0.2) is 47.0 Å². The fourth-order valence-electron chi connectivity index (χ4n) is 2.57. The normalized spacial score (nSPS) is 11.1. The number of aromatic nitrogens is 2. The molecule has 1 aromatic carbocycles. The zero-order valence-corrected chi connectivity index (χ0v) is 13.8. The van der Waals surface area contributed by atoms with Crippen molar-refractivity contribution >= 4 is 16.8 Å². The summed E-state index contributed by atoms with van der Waals surface area (Å²) in [6.07, 6.45) is 2.18. The highest BCUT2D eigenvalue weighted by atomic mass is 16.2. The molecular weight excluding hydrogens is 292 g/mol. The maximum absolute atomic E-state index is 12.2. The van der Waals surface area contributed by atoms with E-state index in [1.54, 1.807) is 24.3 Å². The lowest BCUT2D eigenvalue weighted by Gasteiger charge is -2.20. The van der Waals surface area contributed by atoms with Crippen molar-refractivity contribution in [1.82, 2.24) is 20.2 Å². The van der Waals surface area contributed by atoms with Crippen LogP contribution in [-0.2, 0) is 0 Å². The van der Waals surface area contributed by atoms with Crippen molar-refractivity contribution in [2.45, 2.75) is 26.7 Å². The van der Waals surface area contributed by atoms with E-state index in [2.05, 4.69) is 34.0 Å². The van der Waals surface area contributed by atoms with Gasteiger partial charge >= 0.3 is 0 Å². The number of nitrogens with zero attached hydrogens (tertiary/aromatic N) is 2. The molecule has 6 heteroatoms. The maximum Gasteiger partial charge on any atom is 0.287 e. The van der Waals surface area contributed by atoms with E-state index in [-0.39, 0.29) is 17.3 Å². The van der Waals surface area contributed by atoms with Crippen molar-refractivity contribution in [2.75, 3.05) is 26.2 Å². The number of hydrogen-bond acceptors (Lipinski definition) is 4. The Balaban J connectivity index is 1.99. The Morgan fingerprint density at radius 3 is 2.57 bits per heavy atom. The third kappa shape index (κ3) is 4.63. The molecule has 6 nitrogen and oxygen atoms in total. The summed E-state index contributed by atoms with van der Waals surface area (Å²) in [6, 6.07) is 6.99. The van der Waals surface area contributed by atoms with Crippen LogP contribution >= 0.6 is 0 Å². The van der Waals surface area contributed by atoms with Gasteiger partial charge in [0.05, 0.1) is 10.9 Å². The average molecular weight is 316 g/mol. The smallest absolute Gasteiger partial charge is 0.287 e. The molecule has 0 spiro atoms. The lowest BCUT2D eigenvalue weighted by Crippen LogP contribution is -2.36. The molecule has 0 bridgehead atoms. The van der Waals surface area contributed by atoms with E-state index in [1.165, 1.54) is 0 Å². The second kappa shape index (κ2) is 8.43. The number of para-hydroxylation sites is 1. The van der Waals surface area contributed by atoms with Crippen LogP contribution < -0.4 is 10.9 Å². The van der Waals surface area contributed by atoms with Gasteiger partial charge in [0.25, 0.3) is 11.5 Å². The van der Waals surface area contributed by atoms with Crippen molar-refractivity contribution in [3.63, 3.8) is 0 Å². The highest BCUT2D eigenvalue weighted by Crippen LogP contribution is 2.05. The second-order valence-corrected chi connectivity index (χ2v) is 5.53. The number of carbonyl (C=O) groups is 1. The Bertz CT molecular complexity index is 705. The minimum Gasteiger partial charge on any atom is -0.348 e. The Kier molecular flexibility index (Phi) is 6.29. The topological polar surface area (TPSA) is 78.1 Å². The predicted octanol–water partition coefficient (Wildman–Crippen LogP) is 1.77. The Labute approximate surface area is 135 Å². The quantitative estimate of drug-likeness (QED) is 0.778. The van der Waals surface area contributed by atoms with Gasteiger partial charge in [0.2, 0.25) is 0 Å². The number of H-pyrrole nitrogens is 1. The SMILES string of the molecule is CCCN(CCC)CCNC(=O)c1nc2ccccc2c(=O)[nH]1. The molecule has 0 aliphatic carbocycles. The number of fused-ring (bicyclic) bond motifs is 1. The molecule has 0 fully saturated rings. The second-order valence-electron chi connectivity index (χ2n) is 5.53. The van der Waals surface area contributed by atoms with Gasteiger partial charge in [-0.25, -0.2) is 4.98 Å². The van der Waals surface area contributed by atoms with Crippen molar-refractivity contribution in [2.24, 2.45) is 0 Å². The van der Waals surface area contributed by atoms with Gasteiger partial charge in [0, 0.05) is 13.1 Å². The van der Waals surface area contributed by atoms with Crippen LogP contribution in [0, 0.1) is 0 Å². The van der Waals surface area contributed by atoms with Crippen LogP contribution in [0.4, 0.5) is 0 Å². The van der Waals surface area contributed by atoms with Crippen molar-refractivity contribution in [1.29, 1.82) is 0 Å². The molecule has 0 radical (unpaired) electrons. The Morgan fingerprint density at radius 2 is 1.87 bits per heavy atom. The molecule has 0 unspecified atom stereocenters. The maximum atomic E-state index is 12.2. The summed E-state index contributed by atoms with van der Waals surface area (Å²) in [4.78, 5) is 33.2. The van der Waals surface area contributed by atoms with Crippen molar-refractivity contribution in [3.05, 3.63) is 40.4 Å². The van der Waals surface area contributed by atoms with Gasteiger partial charge in [-0.2, -0.15) is 0 Å². The van der Waals surface area contributed by atoms with Crippen LogP contribution in [0.15, 0.2) is 29.1 Å². The zero-order valence-electron chi connectivity index (χ0n) is 13.8. The number of hydrogen-bond donors (Lipinski definition) is 2.